The minimum absolute atomic E-state index is 0.257. The van der Waals surface area contributed by atoms with Gasteiger partial charge in [0.2, 0.25) is 10.0 Å². The Morgan fingerprint density at radius 2 is 2.00 bits per heavy atom. The number of rotatable bonds is 1. The quantitative estimate of drug-likeness (QED) is 0.594. The van der Waals surface area contributed by atoms with E-state index in [0.717, 1.165) is 5.56 Å². The lowest BCUT2D eigenvalue weighted by molar-refractivity contribution is -0.131. The number of esters is 1. The summed E-state index contributed by atoms with van der Waals surface area (Å²) in [5, 5.41) is 1.29. The van der Waals surface area contributed by atoms with E-state index in [4.69, 9.17) is 4.74 Å². The Morgan fingerprint density at radius 1 is 1.25 bits per heavy atom. The number of carbonyl (C=O) groups excluding carboxylic acids is 1. The molecule has 0 saturated heterocycles. The van der Waals surface area contributed by atoms with E-state index in [2.05, 4.69) is 0 Å². The van der Waals surface area contributed by atoms with Crippen molar-refractivity contribution < 1.29 is 17.9 Å². The van der Waals surface area contributed by atoms with Crippen LogP contribution in [0.4, 0.5) is 0 Å². The summed E-state index contributed by atoms with van der Waals surface area (Å²) >= 11 is 0. The van der Waals surface area contributed by atoms with Crippen molar-refractivity contribution in [1.29, 1.82) is 0 Å². The molecule has 0 atom stereocenters. The Kier molecular flexibility index (Phi) is 2.81. The molecule has 0 aliphatic carbocycles. The van der Waals surface area contributed by atoms with Gasteiger partial charge in [0.05, 0.1) is 4.90 Å². The highest BCUT2D eigenvalue weighted by Gasteiger charge is 2.30. The number of benzene rings is 2. The fourth-order valence-electron chi connectivity index (χ4n) is 2.50. The Bertz CT molecular complexity index is 826. The minimum atomic E-state index is -3.48. The van der Waals surface area contributed by atoms with Crippen LogP contribution >= 0.6 is 0 Å². The molecule has 0 spiro atoms. The molecule has 20 heavy (non-hydrogen) atoms. The largest absolute Gasteiger partial charge is 0.426 e. The number of sulfonamides is 1. The van der Waals surface area contributed by atoms with Gasteiger partial charge < -0.3 is 4.74 Å². The topological polar surface area (TPSA) is 63.7 Å². The van der Waals surface area contributed by atoms with Gasteiger partial charge in [-0.05, 0) is 17.7 Å². The van der Waals surface area contributed by atoms with Crippen LogP contribution < -0.4 is 4.74 Å². The molecule has 0 unspecified atom stereocenters. The molecule has 2 aromatic rings. The fourth-order valence-corrected chi connectivity index (χ4v) is 3.89. The van der Waals surface area contributed by atoms with E-state index in [1.807, 2.05) is 0 Å². The molecule has 0 radical (unpaired) electrons. The molecule has 0 aromatic heterocycles. The molecule has 2 aromatic carbocycles. The van der Waals surface area contributed by atoms with Crippen LogP contribution in [0.1, 0.15) is 12.5 Å². The highest BCUT2D eigenvalue weighted by Crippen LogP contribution is 2.38. The van der Waals surface area contributed by atoms with Gasteiger partial charge >= 0.3 is 5.97 Å². The van der Waals surface area contributed by atoms with E-state index >= 15 is 0 Å². The first-order chi connectivity index (χ1) is 9.41. The second kappa shape index (κ2) is 4.29. The van der Waals surface area contributed by atoms with Crippen LogP contribution in [0, 0.1) is 0 Å². The van der Waals surface area contributed by atoms with Gasteiger partial charge in [0.25, 0.3) is 0 Å². The predicted molar refractivity (Wildman–Crippen MR) is 73.9 cm³/mol. The van der Waals surface area contributed by atoms with E-state index in [1.165, 1.54) is 11.2 Å². The van der Waals surface area contributed by atoms with E-state index in [-0.39, 0.29) is 4.90 Å². The average molecular weight is 291 g/mol. The number of nitrogens with zero attached hydrogens (tertiary/aromatic N) is 1. The van der Waals surface area contributed by atoms with Crippen LogP contribution in [0.2, 0.25) is 0 Å². The second-order valence-electron chi connectivity index (χ2n) is 4.76. The van der Waals surface area contributed by atoms with Crippen molar-refractivity contribution >= 4 is 26.8 Å². The molecule has 0 bridgehead atoms. The first-order valence-electron chi connectivity index (χ1n) is 6.10. The van der Waals surface area contributed by atoms with Crippen molar-refractivity contribution in [3.05, 3.63) is 35.9 Å². The Labute approximate surface area is 116 Å². The van der Waals surface area contributed by atoms with E-state index < -0.39 is 16.0 Å². The van der Waals surface area contributed by atoms with Crippen molar-refractivity contribution in [2.75, 3.05) is 7.05 Å². The molecule has 1 aliphatic rings. The maximum absolute atomic E-state index is 12.3. The number of carbonyl (C=O) groups is 1. The highest BCUT2D eigenvalue weighted by atomic mass is 32.2. The molecule has 0 fully saturated rings. The molecule has 104 valence electrons. The number of hydrogen-bond donors (Lipinski definition) is 0. The van der Waals surface area contributed by atoms with Crippen LogP contribution in [0.15, 0.2) is 35.2 Å². The van der Waals surface area contributed by atoms with Gasteiger partial charge in [0.1, 0.15) is 5.75 Å². The van der Waals surface area contributed by atoms with Crippen LogP contribution in [-0.4, -0.2) is 25.7 Å². The van der Waals surface area contributed by atoms with Crippen molar-refractivity contribution in [1.82, 2.24) is 4.31 Å². The molecule has 0 amide bonds. The summed E-state index contributed by atoms with van der Waals surface area (Å²) in [5.74, 6) is -0.0423. The molecule has 0 saturated carbocycles. The van der Waals surface area contributed by atoms with Gasteiger partial charge in [-0.3, -0.25) is 4.79 Å². The van der Waals surface area contributed by atoms with Gasteiger partial charge in [-0.15, -0.1) is 0 Å². The Balaban J connectivity index is 2.38. The van der Waals surface area contributed by atoms with Crippen LogP contribution in [0.3, 0.4) is 0 Å². The Morgan fingerprint density at radius 3 is 2.70 bits per heavy atom. The van der Waals surface area contributed by atoms with Crippen LogP contribution in [0.25, 0.3) is 10.8 Å². The second-order valence-corrected chi connectivity index (χ2v) is 6.77. The molecule has 5 nitrogen and oxygen atoms in total. The van der Waals surface area contributed by atoms with Gasteiger partial charge in [0.15, 0.2) is 0 Å². The van der Waals surface area contributed by atoms with Crippen molar-refractivity contribution in [2.24, 2.45) is 0 Å². The lowest BCUT2D eigenvalue weighted by Gasteiger charge is -2.25. The summed E-state index contributed by atoms with van der Waals surface area (Å²) in [4.78, 5) is 11.4. The monoisotopic (exact) mass is 291 g/mol. The standard InChI is InChI=1S/C14H13NO4S/c1-9(16)19-12-7-6-10-8-15(2)20(17,18)13-5-3-4-11(12)14(10)13/h3-7H,8H2,1-2H3. The van der Waals surface area contributed by atoms with E-state index in [0.29, 0.717) is 23.1 Å². The Hall–Kier alpha value is -1.92. The van der Waals surface area contributed by atoms with E-state index in [9.17, 15) is 13.2 Å². The molecular formula is C14H13NO4S. The summed E-state index contributed by atoms with van der Waals surface area (Å²) in [6.07, 6.45) is 0. The summed E-state index contributed by atoms with van der Waals surface area (Å²) in [6.45, 7) is 1.64. The lowest BCUT2D eigenvalue weighted by atomic mass is 10.0. The number of hydrogen-bond acceptors (Lipinski definition) is 4. The van der Waals surface area contributed by atoms with Crippen molar-refractivity contribution in [2.45, 2.75) is 18.4 Å². The lowest BCUT2D eigenvalue weighted by Crippen LogP contribution is -2.30. The highest BCUT2D eigenvalue weighted by molar-refractivity contribution is 7.89. The molecule has 3 rings (SSSR count). The predicted octanol–water partition coefficient (Wildman–Crippen LogP) is 1.90. The molecule has 0 N–H and O–H groups in total. The zero-order valence-corrected chi connectivity index (χ0v) is 11.9. The van der Waals surface area contributed by atoms with Crippen molar-refractivity contribution in [3.63, 3.8) is 0 Å². The zero-order valence-electron chi connectivity index (χ0n) is 11.1. The average Bonchev–Trinajstić information content (AvgIpc) is 2.38. The first-order valence-corrected chi connectivity index (χ1v) is 7.54. The van der Waals surface area contributed by atoms with Crippen molar-refractivity contribution in [3.8, 4) is 5.75 Å². The summed E-state index contributed by atoms with van der Waals surface area (Å²) in [5.41, 5.74) is 0.906. The first kappa shape index (κ1) is 13.1. The number of ether oxygens (including phenoxy) is 1. The molecule has 1 aliphatic heterocycles. The van der Waals surface area contributed by atoms with E-state index in [1.54, 1.807) is 37.4 Å². The maximum Gasteiger partial charge on any atom is 0.308 e. The normalized spacial score (nSPS) is 17.1. The molecule has 6 heteroatoms. The third kappa shape index (κ3) is 1.80. The smallest absolute Gasteiger partial charge is 0.308 e. The summed E-state index contributed by atoms with van der Waals surface area (Å²) < 4.78 is 31.2. The van der Waals surface area contributed by atoms with Gasteiger partial charge in [-0.2, -0.15) is 4.31 Å². The molecular weight excluding hydrogens is 278 g/mol. The molecule has 1 heterocycles. The third-order valence-corrected chi connectivity index (χ3v) is 5.23. The summed E-state index contributed by atoms with van der Waals surface area (Å²) in [7, 11) is -1.93. The minimum Gasteiger partial charge on any atom is -0.426 e. The van der Waals surface area contributed by atoms with Gasteiger partial charge in [-0.25, -0.2) is 8.42 Å². The van der Waals surface area contributed by atoms with Gasteiger partial charge in [-0.1, -0.05) is 18.2 Å². The SMILES string of the molecule is CC(=O)Oc1ccc2c3c(cccc13)S(=O)(=O)N(C)C2. The maximum atomic E-state index is 12.3. The van der Waals surface area contributed by atoms with Gasteiger partial charge in [0, 0.05) is 31.3 Å². The summed E-state index contributed by atoms with van der Waals surface area (Å²) in [6, 6.07) is 8.50. The third-order valence-electron chi connectivity index (χ3n) is 3.38. The zero-order chi connectivity index (χ0) is 14.5. The fraction of sp³-hybridized carbons (Fsp3) is 0.214. The van der Waals surface area contributed by atoms with Crippen LogP contribution in [-0.2, 0) is 21.4 Å². The van der Waals surface area contributed by atoms with Crippen LogP contribution in [0.5, 0.6) is 5.75 Å².